The quantitative estimate of drug-likeness (QED) is 0.800. The van der Waals surface area contributed by atoms with Gasteiger partial charge in [-0.15, -0.1) is 0 Å². The number of hydrogen-bond donors (Lipinski definition) is 0. The van der Waals surface area contributed by atoms with Crippen molar-refractivity contribution >= 4 is 11.7 Å². The summed E-state index contributed by atoms with van der Waals surface area (Å²) in [6, 6.07) is 0.806. The summed E-state index contributed by atoms with van der Waals surface area (Å²) in [6.45, 7) is 5.01. The van der Waals surface area contributed by atoms with Gasteiger partial charge in [-0.1, -0.05) is 6.42 Å². The Bertz CT molecular complexity index is 643. The molecule has 1 aromatic rings. The Morgan fingerprint density at radius 1 is 1.15 bits per heavy atom. The summed E-state index contributed by atoms with van der Waals surface area (Å²) in [7, 11) is 0. The van der Waals surface area contributed by atoms with Crippen LogP contribution in [0.3, 0.4) is 0 Å². The van der Waals surface area contributed by atoms with Crippen LogP contribution in [0, 0.1) is 0 Å². The molecule has 0 unspecified atom stereocenters. The van der Waals surface area contributed by atoms with Crippen LogP contribution in [0.25, 0.3) is 0 Å². The predicted octanol–water partition coefficient (Wildman–Crippen LogP) is 1.79. The highest BCUT2D eigenvalue weighted by Crippen LogP contribution is 2.29. The third kappa shape index (κ3) is 3.54. The molecule has 1 aliphatic carbocycles. The third-order valence-electron chi connectivity index (χ3n) is 6.07. The normalized spacial score (nSPS) is 21.4. The monoisotopic (exact) mass is 361 g/mol. The fourth-order valence-electron chi connectivity index (χ4n) is 4.25. The maximum absolute atomic E-state index is 12.3. The van der Waals surface area contributed by atoms with E-state index in [1.807, 2.05) is 4.90 Å². The molecule has 0 spiro atoms. The predicted molar refractivity (Wildman–Crippen MR) is 97.8 cm³/mol. The molecule has 2 aliphatic heterocycles. The number of fused-ring (bicyclic) bond motifs is 1. The third-order valence-corrected chi connectivity index (χ3v) is 6.07. The summed E-state index contributed by atoms with van der Waals surface area (Å²) in [6.07, 6.45) is 7.10. The number of carbonyl (C=O) groups excluding carboxylic acids is 1. The lowest BCUT2D eigenvalue weighted by Crippen LogP contribution is -2.52. The lowest BCUT2D eigenvalue weighted by molar-refractivity contribution is -0.132. The molecule has 3 heterocycles. The van der Waals surface area contributed by atoms with Crippen LogP contribution in [0.1, 0.15) is 43.4 Å². The van der Waals surface area contributed by atoms with Gasteiger partial charge in [0.25, 0.3) is 0 Å². The molecule has 0 N–H and O–H groups in total. The Kier molecular flexibility index (Phi) is 5.33. The van der Waals surface area contributed by atoms with Gasteiger partial charge < -0.3 is 9.80 Å². The van der Waals surface area contributed by atoms with Crippen molar-refractivity contribution in [2.24, 2.45) is 0 Å². The molecule has 1 saturated carbocycles. The minimum absolute atomic E-state index is 0.0302. The standard InChI is InChI=1S/C19H28FN5O/c20-7-2-5-18(26)25-8-6-16-17(13-25)21-14-22-19(16)24-11-9-23(10-12-24)15-3-1-4-15/h14-15H,1-13H2. The minimum atomic E-state index is -0.435. The molecule has 0 radical (unpaired) electrons. The summed E-state index contributed by atoms with van der Waals surface area (Å²) < 4.78 is 12.3. The van der Waals surface area contributed by atoms with E-state index in [1.165, 1.54) is 24.8 Å². The Balaban J connectivity index is 1.41. The van der Waals surface area contributed by atoms with Crippen LogP contribution in [-0.4, -0.2) is 71.1 Å². The van der Waals surface area contributed by atoms with Crippen LogP contribution in [0.2, 0.25) is 0 Å². The number of aromatic nitrogens is 2. The van der Waals surface area contributed by atoms with E-state index in [-0.39, 0.29) is 12.3 Å². The van der Waals surface area contributed by atoms with Crippen LogP contribution >= 0.6 is 0 Å². The Morgan fingerprint density at radius 3 is 2.65 bits per heavy atom. The maximum atomic E-state index is 12.3. The van der Waals surface area contributed by atoms with Crippen LogP contribution < -0.4 is 4.90 Å². The zero-order valence-corrected chi connectivity index (χ0v) is 15.4. The van der Waals surface area contributed by atoms with Crippen LogP contribution in [0.15, 0.2) is 6.33 Å². The molecule has 1 aromatic heterocycles. The van der Waals surface area contributed by atoms with E-state index in [0.29, 0.717) is 19.5 Å². The summed E-state index contributed by atoms with van der Waals surface area (Å²) in [4.78, 5) is 28.0. The second-order valence-electron chi connectivity index (χ2n) is 7.59. The van der Waals surface area contributed by atoms with Crippen LogP contribution in [0.4, 0.5) is 10.2 Å². The molecule has 3 aliphatic rings. The van der Waals surface area contributed by atoms with Crippen molar-refractivity contribution in [1.29, 1.82) is 0 Å². The smallest absolute Gasteiger partial charge is 0.223 e. The van der Waals surface area contributed by atoms with E-state index in [4.69, 9.17) is 0 Å². The van der Waals surface area contributed by atoms with Crippen LogP contribution in [0.5, 0.6) is 0 Å². The lowest BCUT2D eigenvalue weighted by Gasteiger charge is -2.43. The number of anilines is 1. The SMILES string of the molecule is O=C(CCCF)N1CCc2c(ncnc2N2CCN(C3CCC3)CC2)C1. The van der Waals surface area contributed by atoms with Crippen molar-refractivity contribution in [2.75, 3.05) is 44.3 Å². The van der Waals surface area contributed by atoms with Crippen molar-refractivity contribution in [2.45, 2.75) is 51.1 Å². The second-order valence-corrected chi connectivity index (χ2v) is 7.59. The van der Waals surface area contributed by atoms with Crippen molar-refractivity contribution in [1.82, 2.24) is 19.8 Å². The fourth-order valence-corrected chi connectivity index (χ4v) is 4.25. The number of halogens is 1. The summed E-state index contributed by atoms with van der Waals surface area (Å²) in [5, 5.41) is 0. The average Bonchev–Trinajstić information content (AvgIpc) is 2.64. The zero-order chi connectivity index (χ0) is 17.9. The van der Waals surface area contributed by atoms with E-state index >= 15 is 0 Å². The van der Waals surface area contributed by atoms with E-state index in [0.717, 1.165) is 50.2 Å². The molecule has 4 rings (SSSR count). The number of carbonyl (C=O) groups is 1. The van der Waals surface area contributed by atoms with Gasteiger partial charge in [0.15, 0.2) is 0 Å². The lowest BCUT2D eigenvalue weighted by atomic mass is 9.91. The Labute approximate surface area is 154 Å². The van der Waals surface area contributed by atoms with Gasteiger partial charge in [0.2, 0.25) is 5.91 Å². The number of amides is 1. The fraction of sp³-hybridized carbons (Fsp3) is 0.737. The summed E-state index contributed by atoms with van der Waals surface area (Å²) in [5.41, 5.74) is 2.15. The van der Waals surface area contributed by atoms with E-state index in [1.54, 1.807) is 6.33 Å². The molecular formula is C19H28FN5O. The number of hydrogen-bond acceptors (Lipinski definition) is 5. The highest BCUT2D eigenvalue weighted by Gasteiger charge is 2.30. The summed E-state index contributed by atoms with van der Waals surface area (Å²) in [5.74, 6) is 1.08. The highest BCUT2D eigenvalue weighted by atomic mass is 19.1. The molecule has 0 aromatic carbocycles. The number of piperazine rings is 1. The number of nitrogens with zero attached hydrogens (tertiary/aromatic N) is 5. The largest absolute Gasteiger partial charge is 0.354 e. The maximum Gasteiger partial charge on any atom is 0.223 e. The van der Waals surface area contributed by atoms with Gasteiger partial charge in [0.1, 0.15) is 12.1 Å². The van der Waals surface area contributed by atoms with E-state index in [9.17, 15) is 9.18 Å². The Hall–Kier alpha value is -1.76. The molecule has 2 fully saturated rings. The van der Waals surface area contributed by atoms with Crippen molar-refractivity contribution in [3.05, 3.63) is 17.6 Å². The molecule has 142 valence electrons. The van der Waals surface area contributed by atoms with Gasteiger partial charge in [-0.2, -0.15) is 0 Å². The highest BCUT2D eigenvalue weighted by molar-refractivity contribution is 5.76. The second kappa shape index (κ2) is 7.86. The van der Waals surface area contributed by atoms with Crippen molar-refractivity contribution in [3.8, 4) is 0 Å². The Morgan fingerprint density at radius 2 is 1.96 bits per heavy atom. The molecule has 0 bridgehead atoms. The minimum Gasteiger partial charge on any atom is -0.354 e. The van der Waals surface area contributed by atoms with Gasteiger partial charge in [-0.05, 0) is 25.7 Å². The van der Waals surface area contributed by atoms with E-state index < -0.39 is 6.67 Å². The van der Waals surface area contributed by atoms with Gasteiger partial charge in [0, 0.05) is 50.7 Å². The number of rotatable bonds is 5. The van der Waals surface area contributed by atoms with Gasteiger partial charge in [0.05, 0.1) is 18.9 Å². The molecule has 1 amide bonds. The topological polar surface area (TPSA) is 52.6 Å². The van der Waals surface area contributed by atoms with Crippen molar-refractivity contribution < 1.29 is 9.18 Å². The zero-order valence-electron chi connectivity index (χ0n) is 15.4. The first-order chi connectivity index (χ1) is 12.8. The number of alkyl halides is 1. The summed E-state index contributed by atoms with van der Waals surface area (Å²) >= 11 is 0. The molecule has 0 atom stereocenters. The van der Waals surface area contributed by atoms with Gasteiger partial charge in [-0.25, -0.2) is 9.97 Å². The molecule has 7 heteroatoms. The first-order valence-electron chi connectivity index (χ1n) is 9.91. The van der Waals surface area contributed by atoms with Gasteiger partial charge in [-0.3, -0.25) is 14.1 Å². The van der Waals surface area contributed by atoms with E-state index in [2.05, 4.69) is 19.8 Å². The molecule has 1 saturated heterocycles. The first kappa shape index (κ1) is 17.6. The van der Waals surface area contributed by atoms with Gasteiger partial charge >= 0.3 is 0 Å². The van der Waals surface area contributed by atoms with Crippen molar-refractivity contribution in [3.63, 3.8) is 0 Å². The molecule has 26 heavy (non-hydrogen) atoms. The average molecular weight is 361 g/mol. The molecule has 6 nitrogen and oxygen atoms in total. The van der Waals surface area contributed by atoms with Crippen LogP contribution in [-0.2, 0) is 17.8 Å². The first-order valence-corrected chi connectivity index (χ1v) is 9.91. The molecular weight excluding hydrogens is 333 g/mol.